The molecule has 0 radical (unpaired) electrons. The lowest BCUT2D eigenvalue weighted by molar-refractivity contribution is -0.142. The first-order chi connectivity index (χ1) is 14.2. The molecule has 2 aliphatic rings. The predicted molar refractivity (Wildman–Crippen MR) is 102 cm³/mol. The van der Waals surface area contributed by atoms with E-state index >= 15 is 0 Å². The topological polar surface area (TPSA) is 162 Å². The second kappa shape index (κ2) is 8.51. The van der Waals surface area contributed by atoms with E-state index in [4.69, 9.17) is 5.73 Å². The first-order valence-electron chi connectivity index (χ1n) is 9.61. The molecule has 0 unspecified atom stereocenters. The van der Waals surface area contributed by atoms with Crippen LogP contribution in [0.15, 0.2) is 12.5 Å². The van der Waals surface area contributed by atoms with Gasteiger partial charge in [0.25, 0.3) is 0 Å². The van der Waals surface area contributed by atoms with Gasteiger partial charge in [0, 0.05) is 39.0 Å². The first kappa shape index (κ1) is 21.3. The molecule has 0 aromatic carbocycles. The summed E-state index contributed by atoms with van der Waals surface area (Å²) in [6, 6.07) is -3.39. The standard InChI is InChI=1S/C18H25N7O5/c1-23-13(7-14(26)24(2)18(23)30)16(28)22-11(6-10-8-20-9-21-10)17(29)25-5-3-4-12(25)15(19)27/h8-9,11-13H,3-7H2,1-2H3,(H2,19,27)(H,20,21)(H,22,28)/t11-,12-,13-/m0/s1. The van der Waals surface area contributed by atoms with Gasteiger partial charge >= 0.3 is 6.03 Å². The maximum atomic E-state index is 13.2. The van der Waals surface area contributed by atoms with Crippen LogP contribution in [-0.4, -0.2) is 93.1 Å². The number of imidazole rings is 1. The minimum absolute atomic E-state index is 0.102. The predicted octanol–water partition coefficient (Wildman–Crippen LogP) is -1.80. The Morgan fingerprint density at radius 1 is 1.30 bits per heavy atom. The van der Waals surface area contributed by atoms with Gasteiger partial charge in [0.2, 0.25) is 23.6 Å². The van der Waals surface area contributed by atoms with Crippen LogP contribution < -0.4 is 11.1 Å². The van der Waals surface area contributed by atoms with Crippen LogP contribution in [0.4, 0.5) is 4.79 Å². The van der Waals surface area contributed by atoms with Crippen molar-refractivity contribution in [3.63, 3.8) is 0 Å². The monoisotopic (exact) mass is 419 g/mol. The zero-order chi connectivity index (χ0) is 22.0. The molecule has 0 aliphatic carbocycles. The van der Waals surface area contributed by atoms with Crippen LogP contribution in [0.25, 0.3) is 0 Å². The number of likely N-dealkylation sites (N-methyl/N-ethyl adjacent to an activating group) is 1. The number of carbonyl (C=O) groups is 5. The van der Waals surface area contributed by atoms with E-state index in [0.717, 1.165) is 9.80 Å². The molecule has 12 nitrogen and oxygen atoms in total. The van der Waals surface area contributed by atoms with E-state index < -0.39 is 47.8 Å². The van der Waals surface area contributed by atoms with Crippen LogP contribution in [0, 0.1) is 0 Å². The summed E-state index contributed by atoms with van der Waals surface area (Å²) >= 11 is 0. The lowest BCUT2D eigenvalue weighted by atomic mass is 10.1. The number of urea groups is 1. The smallest absolute Gasteiger partial charge is 0.326 e. The van der Waals surface area contributed by atoms with Crippen molar-refractivity contribution < 1.29 is 24.0 Å². The maximum absolute atomic E-state index is 13.2. The lowest BCUT2D eigenvalue weighted by Gasteiger charge is -2.36. The minimum Gasteiger partial charge on any atom is -0.368 e. The number of imide groups is 1. The van der Waals surface area contributed by atoms with Crippen LogP contribution in [0.3, 0.4) is 0 Å². The Labute approximate surface area is 172 Å². The average Bonchev–Trinajstić information content (AvgIpc) is 3.39. The number of nitrogens with zero attached hydrogens (tertiary/aromatic N) is 4. The van der Waals surface area contributed by atoms with Gasteiger partial charge in [0.15, 0.2) is 0 Å². The van der Waals surface area contributed by atoms with Gasteiger partial charge in [-0.05, 0) is 12.8 Å². The molecule has 12 heteroatoms. The van der Waals surface area contributed by atoms with E-state index in [9.17, 15) is 24.0 Å². The van der Waals surface area contributed by atoms with E-state index in [2.05, 4.69) is 15.3 Å². The van der Waals surface area contributed by atoms with Crippen molar-refractivity contribution in [1.29, 1.82) is 0 Å². The van der Waals surface area contributed by atoms with E-state index in [-0.39, 0.29) is 12.8 Å². The SMILES string of the molecule is CN1C(=O)C[C@@H](C(=O)N[C@@H](Cc2cnc[nH]2)C(=O)N2CCC[C@H]2C(N)=O)N(C)C1=O. The number of likely N-dealkylation sites (tertiary alicyclic amines) is 1. The lowest BCUT2D eigenvalue weighted by Crippen LogP contribution is -2.61. The molecule has 4 N–H and O–H groups in total. The summed E-state index contributed by atoms with van der Waals surface area (Å²) in [6.07, 6.45) is 3.98. The number of hydrogen-bond donors (Lipinski definition) is 3. The summed E-state index contributed by atoms with van der Waals surface area (Å²) in [4.78, 5) is 72.3. The Morgan fingerprint density at radius 2 is 2.03 bits per heavy atom. The van der Waals surface area contributed by atoms with E-state index in [1.165, 1.54) is 31.5 Å². The number of amides is 6. The summed E-state index contributed by atoms with van der Waals surface area (Å²) in [6.45, 7) is 0.354. The van der Waals surface area contributed by atoms with Crippen molar-refractivity contribution in [2.24, 2.45) is 5.73 Å². The number of aromatic nitrogens is 2. The molecule has 3 rings (SSSR count). The molecule has 6 amide bonds. The highest BCUT2D eigenvalue weighted by Crippen LogP contribution is 2.20. The van der Waals surface area contributed by atoms with Crippen LogP contribution in [0.5, 0.6) is 0 Å². The summed E-state index contributed by atoms with van der Waals surface area (Å²) in [5.41, 5.74) is 6.02. The fraction of sp³-hybridized carbons (Fsp3) is 0.556. The summed E-state index contributed by atoms with van der Waals surface area (Å²) < 4.78 is 0. The largest absolute Gasteiger partial charge is 0.368 e. The van der Waals surface area contributed by atoms with Crippen LogP contribution in [0.2, 0.25) is 0 Å². The fourth-order valence-corrected chi connectivity index (χ4v) is 3.80. The molecule has 162 valence electrons. The number of aromatic amines is 1. The Morgan fingerprint density at radius 3 is 2.67 bits per heavy atom. The third kappa shape index (κ3) is 4.11. The zero-order valence-electron chi connectivity index (χ0n) is 16.8. The number of hydrogen-bond acceptors (Lipinski definition) is 6. The quantitative estimate of drug-likeness (QED) is 0.492. The van der Waals surface area contributed by atoms with E-state index in [1.807, 2.05) is 0 Å². The summed E-state index contributed by atoms with van der Waals surface area (Å²) in [5.74, 6) is -2.16. The second-order valence-electron chi connectivity index (χ2n) is 7.50. The third-order valence-corrected chi connectivity index (χ3v) is 5.56. The number of rotatable bonds is 6. The zero-order valence-corrected chi connectivity index (χ0v) is 16.8. The molecule has 2 saturated heterocycles. The molecular formula is C18H25N7O5. The van der Waals surface area contributed by atoms with Gasteiger partial charge in [-0.15, -0.1) is 0 Å². The van der Waals surface area contributed by atoms with Gasteiger partial charge in [-0.25, -0.2) is 9.78 Å². The maximum Gasteiger partial charge on any atom is 0.326 e. The van der Waals surface area contributed by atoms with Crippen molar-refractivity contribution in [3.05, 3.63) is 18.2 Å². The number of H-pyrrole nitrogens is 1. The highest BCUT2D eigenvalue weighted by atomic mass is 16.2. The van der Waals surface area contributed by atoms with Gasteiger partial charge in [-0.3, -0.25) is 24.1 Å². The van der Waals surface area contributed by atoms with Crippen LogP contribution >= 0.6 is 0 Å². The third-order valence-electron chi connectivity index (χ3n) is 5.56. The molecule has 2 fully saturated rings. The molecule has 3 atom stereocenters. The van der Waals surface area contributed by atoms with Gasteiger partial charge < -0.3 is 25.8 Å². The van der Waals surface area contributed by atoms with Crippen LogP contribution in [-0.2, 0) is 25.6 Å². The van der Waals surface area contributed by atoms with Crippen molar-refractivity contribution in [1.82, 2.24) is 30.0 Å². The highest BCUT2D eigenvalue weighted by molar-refractivity contribution is 6.03. The summed E-state index contributed by atoms with van der Waals surface area (Å²) in [7, 11) is 2.77. The molecular weight excluding hydrogens is 394 g/mol. The van der Waals surface area contributed by atoms with Gasteiger partial charge in [0.05, 0.1) is 12.7 Å². The van der Waals surface area contributed by atoms with Crippen molar-refractivity contribution in [3.8, 4) is 0 Å². The average molecular weight is 419 g/mol. The van der Waals surface area contributed by atoms with E-state index in [1.54, 1.807) is 0 Å². The van der Waals surface area contributed by atoms with Crippen LogP contribution in [0.1, 0.15) is 25.0 Å². The normalized spacial score (nSPS) is 22.9. The summed E-state index contributed by atoms with van der Waals surface area (Å²) in [5, 5.41) is 2.65. The first-order valence-corrected chi connectivity index (χ1v) is 9.61. The number of nitrogens with two attached hydrogens (primary N) is 1. The molecule has 0 spiro atoms. The number of carbonyl (C=O) groups excluding carboxylic acids is 5. The molecule has 0 bridgehead atoms. The second-order valence-corrected chi connectivity index (χ2v) is 7.50. The van der Waals surface area contributed by atoms with Crippen molar-refractivity contribution in [2.75, 3.05) is 20.6 Å². The molecule has 1 aromatic rings. The van der Waals surface area contributed by atoms with Gasteiger partial charge in [-0.1, -0.05) is 0 Å². The number of primary amides is 1. The Balaban J connectivity index is 1.79. The van der Waals surface area contributed by atoms with E-state index in [0.29, 0.717) is 25.1 Å². The highest BCUT2D eigenvalue weighted by Gasteiger charge is 2.41. The Kier molecular flexibility index (Phi) is 6.04. The molecule has 1 aromatic heterocycles. The van der Waals surface area contributed by atoms with Crippen molar-refractivity contribution in [2.45, 2.75) is 43.8 Å². The van der Waals surface area contributed by atoms with Gasteiger partial charge in [-0.2, -0.15) is 0 Å². The minimum atomic E-state index is -1.04. The molecule has 0 saturated carbocycles. The van der Waals surface area contributed by atoms with Crippen molar-refractivity contribution >= 4 is 29.7 Å². The molecule has 2 aliphatic heterocycles. The number of nitrogens with one attached hydrogen (secondary N) is 2. The Bertz CT molecular complexity index is 855. The molecule has 30 heavy (non-hydrogen) atoms. The van der Waals surface area contributed by atoms with Gasteiger partial charge in [0.1, 0.15) is 18.1 Å². The fourth-order valence-electron chi connectivity index (χ4n) is 3.80. The Hall–Kier alpha value is -3.44. The molecule has 3 heterocycles.